The van der Waals surface area contributed by atoms with Gasteiger partial charge in [0.15, 0.2) is 12.2 Å². The van der Waals surface area contributed by atoms with E-state index < -0.39 is 35.7 Å². The molecule has 1 heterocycles. The van der Waals surface area contributed by atoms with Gasteiger partial charge in [-0.05, 0) is 44.2 Å². The number of hydrogen-bond donors (Lipinski definition) is 0. The molecule has 2 aromatic rings. The maximum atomic E-state index is 12.7. The van der Waals surface area contributed by atoms with Crippen molar-refractivity contribution in [2.75, 3.05) is 0 Å². The first kappa shape index (κ1) is 23.8. The number of hydrogen-bond acceptors (Lipinski definition) is 6. The van der Waals surface area contributed by atoms with E-state index in [0.29, 0.717) is 18.5 Å². The lowest BCUT2D eigenvalue weighted by Gasteiger charge is -2.16. The van der Waals surface area contributed by atoms with Crippen LogP contribution in [0.5, 0.6) is 17.4 Å². The lowest BCUT2D eigenvalue weighted by atomic mass is 10.2. The van der Waals surface area contributed by atoms with Crippen LogP contribution < -0.4 is 9.47 Å². The first-order chi connectivity index (χ1) is 14.5. The Morgan fingerprint density at radius 3 is 2.32 bits per heavy atom. The maximum absolute atomic E-state index is 12.7. The van der Waals surface area contributed by atoms with E-state index in [1.165, 1.54) is 38.1 Å². The van der Waals surface area contributed by atoms with E-state index in [2.05, 4.69) is 9.77 Å². The maximum Gasteiger partial charge on any atom is 0.417 e. The molecule has 2 atom stereocenters. The molecule has 1 aromatic carbocycles. The minimum Gasteiger partial charge on any atom is -0.479 e. The highest BCUT2D eigenvalue weighted by atomic mass is 35.5. The molecule has 0 aliphatic rings. The topological polar surface area (TPSA) is 111 Å². The van der Waals surface area contributed by atoms with E-state index in [9.17, 15) is 22.8 Å². The lowest BCUT2D eigenvalue weighted by molar-refractivity contribution is -0.159. The van der Waals surface area contributed by atoms with Crippen LogP contribution in [0.4, 0.5) is 13.2 Å². The van der Waals surface area contributed by atoms with Gasteiger partial charge in [-0.15, -0.1) is 0 Å². The van der Waals surface area contributed by atoms with Crippen molar-refractivity contribution in [1.82, 2.24) is 4.98 Å². The van der Waals surface area contributed by atoms with Gasteiger partial charge in [-0.2, -0.15) is 18.0 Å². The lowest BCUT2D eigenvalue weighted by Crippen LogP contribution is -2.33. The molecule has 0 radical (unpaired) electrons. The van der Waals surface area contributed by atoms with Crippen LogP contribution in [0.25, 0.3) is 5.53 Å². The highest BCUT2D eigenvalue weighted by Crippen LogP contribution is 2.34. The summed E-state index contributed by atoms with van der Waals surface area (Å²) in [4.78, 5) is 29.5. The van der Waals surface area contributed by atoms with Crippen LogP contribution in [0.2, 0.25) is 5.02 Å². The van der Waals surface area contributed by atoms with Crippen molar-refractivity contribution in [3.63, 3.8) is 0 Å². The number of aromatic nitrogens is 1. The van der Waals surface area contributed by atoms with Crippen molar-refractivity contribution in [3.8, 4) is 17.4 Å². The van der Waals surface area contributed by atoms with E-state index >= 15 is 0 Å². The van der Waals surface area contributed by atoms with Gasteiger partial charge in [0.1, 0.15) is 16.5 Å². The zero-order valence-corrected chi connectivity index (χ0v) is 16.8. The monoisotopic (exact) mass is 457 g/mol. The molecule has 0 N–H and O–H groups in total. The summed E-state index contributed by atoms with van der Waals surface area (Å²) < 4.78 is 53.6. The number of ether oxygens (including phenoxy) is 3. The van der Waals surface area contributed by atoms with E-state index in [0.717, 1.165) is 0 Å². The number of benzene rings is 1. The van der Waals surface area contributed by atoms with Gasteiger partial charge in [0.05, 0.1) is 5.56 Å². The van der Waals surface area contributed by atoms with Gasteiger partial charge < -0.3 is 19.7 Å². The van der Waals surface area contributed by atoms with Crippen molar-refractivity contribution >= 4 is 29.6 Å². The summed E-state index contributed by atoms with van der Waals surface area (Å²) >= 11 is 5.79. The number of halogens is 4. The number of carbonyl (C=O) groups is 2. The van der Waals surface area contributed by atoms with Crippen LogP contribution in [0, 0.1) is 0 Å². The SMILES string of the molecule is CC(OC(=O)C(C)Oc1ccc(Oc2ncc(C(F)(F)F)cc2Cl)cc1)C(=O)C=[N+]=[N-]. The Balaban J connectivity index is 1.98. The zero-order chi connectivity index (χ0) is 23.2. The second kappa shape index (κ2) is 10.1. The predicted molar refractivity (Wildman–Crippen MR) is 101 cm³/mol. The molecule has 12 heteroatoms. The molecule has 0 amide bonds. The van der Waals surface area contributed by atoms with Crippen molar-refractivity contribution in [1.29, 1.82) is 0 Å². The second-order valence-electron chi connectivity index (χ2n) is 6.07. The third-order valence-corrected chi connectivity index (χ3v) is 3.97. The molecule has 2 unspecified atom stereocenters. The Morgan fingerprint density at radius 2 is 1.77 bits per heavy atom. The molecule has 0 saturated carbocycles. The number of ketones is 1. The van der Waals surface area contributed by atoms with Crippen molar-refractivity contribution in [2.24, 2.45) is 0 Å². The van der Waals surface area contributed by atoms with Gasteiger partial charge in [-0.25, -0.2) is 9.78 Å². The third kappa shape index (κ3) is 6.80. The summed E-state index contributed by atoms with van der Waals surface area (Å²) in [6.45, 7) is 2.71. The highest BCUT2D eigenvalue weighted by Gasteiger charge is 2.32. The first-order valence-corrected chi connectivity index (χ1v) is 8.98. The number of Topliss-reactive ketones (excluding diaryl/α,β-unsaturated/α-hetero) is 1. The van der Waals surface area contributed by atoms with Crippen LogP contribution in [0.3, 0.4) is 0 Å². The van der Waals surface area contributed by atoms with Gasteiger partial charge in [0, 0.05) is 6.20 Å². The van der Waals surface area contributed by atoms with E-state index in [1.807, 2.05) is 0 Å². The van der Waals surface area contributed by atoms with Gasteiger partial charge in [-0.3, -0.25) is 4.79 Å². The Kier molecular flexibility index (Phi) is 7.73. The fraction of sp³-hybridized carbons (Fsp3) is 0.263. The zero-order valence-electron chi connectivity index (χ0n) is 16.1. The largest absolute Gasteiger partial charge is 0.479 e. The highest BCUT2D eigenvalue weighted by molar-refractivity contribution is 6.31. The molecule has 0 aliphatic carbocycles. The smallest absolute Gasteiger partial charge is 0.417 e. The van der Waals surface area contributed by atoms with E-state index in [-0.39, 0.29) is 22.4 Å². The summed E-state index contributed by atoms with van der Waals surface area (Å²) in [5.41, 5.74) is 7.31. The average molecular weight is 458 g/mol. The molecule has 0 fully saturated rings. The average Bonchev–Trinajstić information content (AvgIpc) is 2.70. The fourth-order valence-electron chi connectivity index (χ4n) is 2.10. The van der Waals surface area contributed by atoms with Gasteiger partial charge in [-0.1, -0.05) is 11.6 Å². The molecule has 0 aliphatic heterocycles. The number of alkyl halides is 3. The number of pyridine rings is 1. The predicted octanol–water partition coefficient (Wildman–Crippen LogP) is 4.11. The van der Waals surface area contributed by atoms with Gasteiger partial charge in [0.25, 0.3) is 5.78 Å². The quantitative estimate of drug-likeness (QED) is 0.255. The molecule has 0 bridgehead atoms. The van der Waals surface area contributed by atoms with Crippen molar-refractivity contribution < 1.29 is 41.8 Å². The molecule has 1 aromatic heterocycles. The molecule has 8 nitrogen and oxygen atoms in total. The summed E-state index contributed by atoms with van der Waals surface area (Å²) in [5.74, 6) is -1.29. The molecular formula is C19H15ClF3N3O5. The third-order valence-electron chi connectivity index (χ3n) is 3.70. The normalized spacial score (nSPS) is 12.8. The molecule has 2 rings (SSSR count). The van der Waals surface area contributed by atoms with Crippen LogP contribution in [-0.4, -0.2) is 39.9 Å². The Morgan fingerprint density at radius 1 is 1.16 bits per heavy atom. The van der Waals surface area contributed by atoms with Crippen LogP contribution in [0.1, 0.15) is 19.4 Å². The number of nitrogens with zero attached hydrogens (tertiary/aromatic N) is 3. The standard InChI is InChI=1S/C19H15ClF3N3O5/c1-10(16(27)9-26-24)30-18(28)11(2)29-13-3-5-14(6-4-13)31-17-15(20)7-12(8-25-17)19(21,22)23/h3-11H,1-2H3. The van der Waals surface area contributed by atoms with Crippen molar-refractivity contribution in [2.45, 2.75) is 32.2 Å². The number of esters is 1. The fourth-order valence-corrected chi connectivity index (χ4v) is 2.30. The molecule has 0 saturated heterocycles. The number of rotatable bonds is 8. The Bertz CT molecular complexity index is 1010. The van der Waals surface area contributed by atoms with Gasteiger partial charge in [0.2, 0.25) is 5.88 Å². The van der Waals surface area contributed by atoms with Crippen LogP contribution in [-0.2, 0) is 20.5 Å². The van der Waals surface area contributed by atoms with Crippen LogP contribution >= 0.6 is 11.6 Å². The molecule has 0 spiro atoms. The minimum atomic E-state index is -4.58. The van der Waals surface area contributed by atoms with Gasteiger partial charge >= 0.3 is 18.4 Å². The molecule has 31 heavy (non-hydrogen) atoms. The van der Waals surface area contributed by atoms with Crippen LogP contribution in [0.15, 0.2) is 36.5 Å². The van der Waals surface area contributed by atoms with Crippen molar-refractivity contribution in [3.05, 3.63) is 52.6 Å². The summed E-state index contributed by atoms with van der Waals surface area (Å²) in [7, 11) is 0. The first-order valence-electron chi connectivity index (χ1n) is 8.60. The Labute approximate surface area is 179 Å². The number of carbonyl (C=O) groups excluding carboxylic acids is 2. The summed E-state index contributed by atoms with van der Waals surface area (Å²) in [5, 5.41) is -0.318. The summed E-state index contributed by atoms with van der Waals surface area (Å²) in [6, 6.07) is 6.42. The second-order valence-corrected chi connectivity index (χ2v) is 6.48. The van der Waals surface area contributed by atoms with E-state index in [4.69, 9.17) is 31.3 Å². The summed E-state index contributed by atoms with van der Waals surface area (Å²) in [6.07, 6.45) is -5.60. The molecular weight excluding hydrogens is 443 g/mol. The minimum absolute atomic E-state index is 0.208. The van der Waals surface area contributed by atoms with E-state index in [1.54, 1.807) is 0 Å². The Hall–Kier alpha value is -3.43. The molecule has 164 valence electrons.